The highest BCUT2D eigenvalue weighted by molar-refractivity contribution is 5.38. The van der Waals surface area contributed by atoms with Crippen LogP contribution in [0.15, 0.2) is 29.1 Å². The van der Waals surface area contributed by atoms with E-state index in [0.717, 1.165) is 22.4 Å². The van der Waals surface area contributed by atoms with E-state index in [1.807, 2.05) is 52.0 Å². The van der Waals surface area contributed by atoms with Crippen LogP contribution in [0.5, 0.6) is 0 Å². The molecule has 0 amide bonds. The molecular formula is C16H21N3O. The van der Waals surface area contributed by atoms with Gasteiger partial charge in [-0.15, -0.1) is 0 Å². The molecule has 1 aromatic heterocycles. The Kier molecular flexibility index (Phi) is 4.04. The van der Waals surface area contributed by atoms with Crippen molar-refractivity contribution in [3.63, 3.8) is 0 Å². The van der Waals surface area contributed by atoms with Crippen LogP contribution in [-0.4, -0.2) is 10.2 Å². The Labute approximate surface area is 119 Å². The number of hydrogen-bond donors (Lipinski definition) is 2. The van der Waals surface area contributed by atoms with Gasteiger partial charge in [-0.05, 0) is 37.0 Å². The molecule has 1 atom stereocenters. The van der Waals surface area contributed by atoms with Gasteiger partial charge in [-0.25, -0.2) is 5.10 Å². The smallest absolute Gasteiger partial charge is 0.269 e. The average molecular weight is 271 g/mol. The number of nitrogens with two attached hydrogens (primary N) is 1. The third-order valence-electron chi connectivity index (χ3n) is 3.55. The fourth-order valence-electron chi connectivity index (χ4n) is 2.23. The Bertz CT molecular complexity index is 674. The zero-order chi connectivity index (χ0) is 14.9. The highest BCUT2D eigenvalue weighted by atomic mass is 16.1. The van der Waals surface area contributed by atoms with E-state index in [9.17, 15) is 4.79 Å². The molecule has 0 fully saturated rings. The molecule has 0 spiro atoms. The third kappa shape index (κ3) is 2.80. The summed E-state index contributed by atoms with van der Waals surface area (Å²) in [4.78, 5) is 12.0. The number of aromatic nitrogens is 2. The van der Waals surface area contributed by atoms with Gasteiger partial charge in [0.15, 0.2) is 0 Å². The summed E-state index contributed by atoms with van der Waals surface area (Å²) in [6.45, 7) is 8.10. The van der Waals surface area contributed by atoms with Crippen molar-refractivity contribution < 1.29 is 0 Å². The fourth-order valence-corrected chi connectivity index (χ4v) is 2.23. The number of H-pyrrole nitrogens is 1. The summed E-state index contributed by atoms with van der Waals surface area (Å²) in [6, 6.07) is 7.50. The molecule has 1 aromatic carbocycles. The first kappa shape index (κ1) is 14.5. The predicted molar refractivity (Wildman–Crippen MR) is 80.9 cm³/mol. The predicted octanol–water partition coefficient (Wildman–Crippen LogP) is 2.56. The second-order valence-electron chi connectivity index (χ2n) is 5.57. The van der Waals surface area contributed by atoms with Gasteiger partial charge in [0.2, 0.25) is 0 Å². The van der Waals surface area contributed by atoms with Crippen molar-refractivity contribution in [3.05, 3.63) is 62.6 Å². The summed E-state index contributed by atoms with van der Waals surface area (Å²) in [5.41, 5.74) is 10.7. The van der Waals surface area contributed by atoms with Crippen LogP contribution < -0.4 is 11.3 Å². The van der Waals surface area contributed by atoms with Crippen molar-refractivity contribution in [1.82, 2.24) is 10.2 Å². The monoisotopic (exact) mass is 271 g/mol. The quantitative estimate of drug-likeness (QED) is 0.901. The lowest BCUT2D eigenvalue weighted by Gasteiger charge is -2.16. The molecule has 0 bridgehead atoms. The van der Waals surface area contributed by atoms with Gasteiger partial charge in [-0.2, -0.15) is 5.10 Å². The lowest BCUT2D eigenvalue weighted by Crippen LogP contribution is -2.25. The van der Waals surface area contributed by atoms with Crippen LogP contribution in [0.4, 0.5) is 0 Å². The van der Waals surface area contributed by atoms with Crippen molar-refractivity contribution in [1.29, 1.82) is 0 Å². The van der Waals surface area contributed by atoms with E-state index in [-0.39, 0.29) is 11.5 Å². The number of nitrogens with zero attached hydrogens (tertiary/aromatic N) is 1. The molecule has 0 radical (unpaired) electrons. The van der Waals surface area contributed by atoms with Crippen LogP contribution in [0.3, 0.4) is 0 Å². The fraction of sp³-hybridized carbons (Fsp3) is 0.375. The Morgan fingerprint density at radius 3 is 2.50 bits per heavy atom. The number of hydrogen-bond acceptors (Lipinski definition) is 3. The summed E-state index contributed by atoms with van der Waals surface area (Å²) in [5, 5.41) is 6.61. The maximum Gasteiger partial charge on any atom is 0.269 e. The molecule has 0 saturated heterocycles. The first-order chi connectivity index (χ1) is 9.40. The molecule has 0 aliphatic carbocycles. The Hall–Kier alpha value is -1.94. The lowest BCUT2D eigenvalue weighted by molar-refractivity contribution is 0.746. The minimum Gasteiger partial charge on any atom is -0.320 e. The zero-order valence-corrected chi connectivity index (χ0v) is 12.4. The molecule has 1 heterocycles. The van der Waals surface area contributed by atoms with E-state index in [2.05, 4.69) is 10.2 Å². The summed E-state index contributed by atoms with van der Waals surface area (Å²) in [5.74, 6) is 0.247. The first-order valence-corrected chi connectivity index (χ1v) is 6.82. The summed E-state index contributed by atoms with van der Waals surface area (Å²) in [6.07, 6.45) is 0. The van der Waals surface area contributed by atoms with Gasteiger partial charge in [-0.1, -0.05) is 37.6 Å². The first-order valence-electron chi connectivity index (χ1n) is 6.82. The number of aromatic amines is 1. The summed E-state index contributed by atoms with van der Waals surface area (Å²) in [7, 11) is 0. The molecule has 106 valence electrons. The molecule has 2 rings (SSSR count). The van der Waals surface area contributed by atoms with Gasteiger partial charge < -0.3 is 5.73 Å². The topological polar surface area (TPSA) is 71.8 Å². The number of rotatable bonds is 3. The van der Waals surface area contributed by atoms with E-state index in [0.29, 0.717) is 5.56 Å². The van der Waals surface area contributed by atoms with Crippen LogP contribution >= 0.6 is 0 Å². The highest BCUT2D eigenvalue weighted by Crippen LogP contribution is 2.23. The molecule has 4 nitrogen and oxygen atoms in total. The second-order valence-corrected chi connectivity index (χ2v) is 5.57. The minimum absolute atomic E-state index is 0.220. The van der Waals surface area contributed by atoms with Crippen LogP contribution in [0.2, 0.25) is 0 Å². The van der Waals surface area contributed by atoms with Crippen molar-refractivity contribution >= 4 is 0 Å². The maximum absolute atomic E-state index is 12.0. The van der Waals surface area contributed by atoms with E-state index >= 15 is 0 Å². The van der Waals surface area contributed by atoms with Gasteiger partial charge >= 0.3 is 0 Å². The summed E-state index contributed by atoms with van der Waals surface area (Å²) < 4.78 is 0. The number of nitrogens with one attached hydrogen (secondary N) is 1. The van der Waals surface area contributed by atoms with Gasteiger partial charge in [0.05, 0.1) is 11.7 Å². The van der Waals surface area contributed by atoms with Crippen molar-refractivity contribution in [2.24, 2.45) is 5.73 Å². The van der Waals surface area contributed by atoms with Gasteiger partial charge in [0, 0.05) is 5.56 Å². The average Bonchev–Trinajstić information content (AvgIpc) is 2.41. The van der Waals surface area contributed by atoms with Crippen LogP contribution in [0, 0.1) is 13.8 Å². The van der Waals surface area contributed by atoms with E-state index < -0.39 is 6.04 Å². The molecule has 4 heteroatoms. The summed E-state index contributed by atoms with van der Waals surface area (Å²) >= 11 is 0. The SMILES string of the molecule is Cc1ccc(C)c(C(N)c2cc(C(C)C)n[nH]c2=O)c1. The number of benzene rings is 1. The van der Waals surface area contributed by atoms with Crippen LogP contribution in [0.25, 0.3) is 0 Å². The molecule has 0 aliphatic heterocycles. The Balaban J connectivity index is 2.52. The van der Waals surface area contributed by atoms with E-state index in [4.69, 9.17) is 5.73 Å². The van der Waals surface area contributed by atoms with E-state index in [1.54, 1.807) is 0 Å². The molecule has 0 aliphatic rings. The van der Waals surface area contributed by atoms with Crippen molar-refractivity contribution in [2.75, 3.05) is 0 Å². The normalized spacial score (nSPS) is 12.7. The molecule has 1 unspecified atom stereocenters. The molecule has 20 heavy (non-hydrogen) atoms. The lowest BCUT2D eigenvalue weighted by atomic mass is 9.94. The Morgan fingerprint density at radius 2 is 1.85 bits per heavy atom. The maximum atomic E-state index is 12.0. The van der Waals surface area contributed by atoms with Gasteiger partial charge in [0.25, 0.3) is 5.56 Å². The number of aryl methyl sites for hydroxylation is 2. The van der Waals surface area contributed by atoms with Gasteiger partial charge in [-0.3, -0.25) is 4.79 Å². The molecular weight excluding hydrogens is 250 g/mol. The van der Waals surface area contributed by atoms with E-state index in [1.165, 1.54) is 0 Å². The minimum atomic E-state index is -0.431. The molecule has 3 N–H and O–H groups in total. The zero-order valence-electron chi connectivity index (χ0n) is 12.4. The Morgan fingerprint density at radius 1 is 1.15 bits per heavy atom. The van der Waals surface area contributed by atoms with Crippen LogP contribution in [0.1, 0.15) is 53.8 Å². The van der Waals surface area contributed by atoms with Gasteiger partial charge in [0.1, 0.15) is 0 Å². The van der Waals surface area contributed by atoms with Crippen molar-refractivity contribution in [2.45, 2.75) is 39.7 Å². The van der Waals surface area contributed by atoms with Crippen molar-refractivity contribution in [3.8, 4) is 0 Å². The second kappa shape index (κ2) is 5.59. The highest BCUT2D eigenvalue weighted by Gasteiger charge is 2.17. The standard InChI is InChI=1S/C16H21N3O/c1-9(2)14-8-13(16(20)19-18-14)15(17)12-7-10(3)5-6-11(12)4/h5-9,15H,17H2,1-4H3,(H,19,20). The van der Waals surface area contributed by atoms with Crippen LogP contribution in [-0.2, 0) is 0 Å². The third-order valence-corrected chi connectivity index (χ3v) is 3.55. The molecule has 0 saturated carbocycles. The molecule has 2 aromatic rings. The largest absolute Gasteiger partial charge is 0.320 e.